The minimum Gasteiger partial charge on any atom is -0.479 e. The van der Waals surface area contributed by atoms with Crippen molar-refractivity contribution in [2.75, 3.05) is 6.61 Å². The number of para-hydroxylation sites is 1. The van der Waals surface area contributed by atoms with Gasteiger partial charge in [0, 0.05) is 0 Å². The molecule has 2 unspecified atom stereocenters. The van der Waals surface area contributed by atoms with Gasteiger partial charge in [-0.15, -0.1) is 0 Å². The molecule has 1 aromatic rings. The third-order valence-corrected chi connectivity index (χ3v) is 2.60. The summed E-state index contributed by atoms with van der Waals surface area (Å²) in [6.45, 7) is 6.28. The fourth-order valence-corrected chi connectivity index (χ4v) is 1.21. The minimum absolute atomic E-state index is 0.311. The van der Waals surface area contributed by atoms with E-state index in [0.717, 1.165) is 6.42 Å². The average molecular weight is 236 g/mol. The zero-order chi connectivity index (χ0) is 12.7. The Morgan fingerprint density at radius 1 is 1.24 bits per heavy atom. The van der Waals surface area contributed by atoms with Gasteiger partial charge in [-0.25, -0.2) is 4.79 Å². The molecule has 0 saturated carbocycles. The Kier molecular flexibility index (Phi) is 5.53. The highest BCUT2D eigenvalue weighted by Gasteiger charge is 2.16. The normalized spacial score (nSPS) is 13.8. The maximum Gasteiger partial charge on any atom is 0.347 e. The molecule has 0 aromatic heterocycles. The lowest BCUT2D eigenvalue weighted by molar-refractivity contribution is -0.152. The summed E-state index contributed by atoms with van der Waals surface area (Å²) in [6, 6.07) is 9.27. The van der Waals surface area contributed by atoms with Gasteiger partial charge in [0.25, 0.3) is 0 Å². The first-order valence-corrected chi connectivity index (χ1v) is 6.01. The van der Waals surface area contributed by atoms with Crippen molar-refractivity contribution >= 4 is 5.97 Å². The third-order valence-electron chi connectivity index (χ3n) is 2.60. The van der Waals surface area contributed by atoms with Crippen LogP contribution >= 0.6 is 0 Å². The van der Waals surface area contributed by atoms with Gasteiger partial charge in [-0.2, -0.15) is 0 Å². The van der Waals surface area contributed by atoms with E-state index in [1.54, 1.807) is 6.92 Å². The van der Waals surface area contributed by atoms with Crippen molar-refractivity contribution in [3.63, 3.8) is 0 Å². The van der Waals surface area contributed by atoms with Crippen LogP contribution in [0.4, 0.5) is 0 Å². The number of hydrogen-bond donors (Lipinski definition) is 0. The van der Waals surface area contributed by atoms with Crippen molar-refractivity contribution in [1.29, 1.82) is 0 Å². The van der Waals surface area contributed by atoms with Gasteiger partial charge in [-0.1, -0.05) is 38.5 Å². The molecule has 94 valence electrons. The predicted molar refractivity (Wildman–Crippen MR) is 66.9 cm³/mol. The van der Waals surface area contributed by atoms with E-state index in [0.29, 0.717) is 18.3 Å². The van der Waals surface area contributed by atoms with Crippen LogP contribution in [0.1, 0.15) is 27.2 Å². The number of carbonyl (C=O) groups is 1. The van der Waals surface area contributed by atoms with Gasteiger partial charge < -0.3 is 9.47 Å². The van der Waals surface area contributed by atoms with Gasteiger partial charge >= 0.3 is 5.97 Å². The number of rotatable bonds is 6. The SMILES string of the molecule is CCC(C)COC(=O)C(C)Oc1ccccc1. The summed E-state index contributed by atoms with van der Waals surface area (Å²) in [5.74, 6) is 0.762. The third kappa shape index (κ3) is 4.89. The molecule has 1 aromatic carbocycles. The van der Waals surface area contributed by atoms with Crippen LogP contribution in [0.2, 0.25) is 0 Å². The molecule has 0 saturated heterocycles. The molecule has 0 radical (unpaired) electrons. The summed E-state index contributed by atoms with van der Waals surface area (Å²) < 4.78 is 10.6. The van der Waals surface area contributed by atoms with E-state index in [2.05, 4.69) is 13.8 Å². The number of benzene rings is 1. The molecule has 1 rings (SSSR count). The van der Waals surface area contributed by atoms with Gasteiger partial charge in [-0.3, -0.25) is 0 Å². The quantitative estimate of drug-likeness (QED) is 0.712. The zero-order valence-electron chi connectivity index (χ0n) is 10.7. The first-order chi connectivity index (χ1) is 8.13. The first kappa shape index (κ1) is 13.6. The topological polar surface area (TPSA) is 35.5 Å². The summed E-state index contributed by atoms with van der Waals surface area (Å²) in [5.41, 5.74) is 0. The number of carbonyl (C=O) groups excluding carboxylic acids is 1. The van der Waals surface area contributed by atoms with Gasteiger partial charge in [0.1, 0.15) is 5.75 Å². The van der Waals surface area contributed by atoms with Gasteiger partial charge in [0.15, 0.2) is 6.10 Å². The Bertz CT molecular complexity index is 335. The van der Waals surface area contributed by atoms with Crippen LogP contribution in [0.25, 0.3) is 0 Å². The van der Waals surface area contributed by atoms with E-state index in [-0.39, 0.29) is 5.97 Å². The maximum absolute atomic E-state index is 11.6. The molecule has 0 N–H and O–H groups in total. The summed E-state index contributed by atoms with van der Waals surface area (Å²) in [7, 11) is 0. The predicted octanol–water partition coefficient (Wildman–Crippen LogP) is 3.04. The lowest BCUT2D eigenvalue weighted by atomic mass is 10.1. The van der Waals surface area contributed by atoms with Gasteiger partial charge in [-0.05, 0) is 25.0 Å². The molecular weight excluding hydrogens is 216 g/mol. The number of hydrogen-bond acceptors (Lipinski definition) is 3. The maximum atomic E-state index is 11.6. The van der Waals surface area contributed by atoms with Crippen LogP contribution in [-0.4, -0.2) is 18.7 Å². The van der Waals surface area contributed by atoms with Crippen LogP contribution < -0.4 is 4.74 Å². The largest absolute Gasteiger partial charge is 0.479 e. The minimum atomic E-state index is -0.568. The average Bonchev–Trinajstić information content (AvgIpc) is 2.36. The molecule has 0 fully saturated rings. The second kappa shape index (κ2) is 6.94. The number of ether oxygens (including phenoxy) is 2. The smallest absolute Gasteiger partial charge is 0.347 e. The van der Waals surface area contributed by atoms with Crippen molar-refractivity contribution < 1.29 is 14.3 Å². The fourth-order valence-electron chi connectivity index (χ4n) is 1.21. The zero-order valence-corrected chi connectivity index (χ0v) is 10.7. The highest BCUT2D eigenvalue weighted by Crippen LogP contribution is 2.11. The van der Waals surface area contributed by atoms with Crippen molar-refractivity contribution in [2.45, 2.75) is 33.3 Å². The van der Waals surface area contributed by atoms with Crippen LogP contribution in [-0.2, 0) is 9.53 Å². The van der Waals surface area contributed by atoms with Crippen LogP contribution in [0.3, 0.4) is 0 Å². The molecule has 0 spiro atoms. The highest BCUT2D eigenvalue weighted by atomic mass is 16.6. The Labute approximate surface area is 103 Å². The molecule has 0 amide bonds. The summed E-state index contributed by atoms with van der Waals surface area (Å²) in [5, 5.41) is 0. The lowest BCUT2D eigenvalue weighted by Gasteiger charge is -2.15. The standard InChI is InChI=1S/C14H20O3/c1-4-11(2)10-16-14(15)12(3)17-13-8-6-5-7-9-13/h5-9,11-12H,4,10H2,1-3H3. The van der Waals surface area contributed by atoms with Crippen molar-refractivity contribution in [2.24, 2.45) is 5.92 Å². The van der Waals surface area contributed by atoms with Crippen molar-refractivity contribution in [3.8, 4) is 5.75 Å². The first-order valence-electron chi connectivity index (χ1n) is 6.01. The fraction of sp³-hybridized carbons (Fsp3) is 0.500. The molecule has 3 heteroatoms. The summed E-state index contributed by atoms with van der Waals surface area (Å²) >= 11 is 0. The molecule has 17 heavy (non-hydrogen) atoms. The Balaban J connectivity index is 2.37. The Hall–Kier alpha value is -1.51. The second-order valence-electron chi connectivity index (χ2n) is 4.22. The summed E-state index contributed by atoms with van der Waals surface area (Å²) in [6.07, 6.45) is 0.433. The molecule has 3 nitrogen and oxygen atoms in total. The van der Waals surface area contributed by atoms with Crippen LogP contribution in [0.15, 0.2) is 30.3 Å². The molecule has 2 atom stereocenters. The molecule has 0 heterocycles. The van der Waals surface area contributed by atoms with Gasteiger partial charge in [0.2, 0.25) is 0 Å². The summed E-state index contributed by atoms with van der Waals surface area (Å²) in [4.78, 5) is 11.6. The van der Waals surface area contributed by atoms with E-state index in [4.69, 9.17) is 9.47 Å². The Morgan fingerprint density at radius 2 is 1.88 bits per heavy atom. The van der Waals surface area contributed by atoms with Crippen LogP contribution in [0, 0.1) is 5.92 Å². The highest BCUT2D eigenvalue weighted by molar-refractivity contribution is 5.74. The van der Waals surface area contributed by atoms with E-state index in [1.807, 2.05) is 30.3 Å². The van der Waals surface area contributed by atoms with Crippen molar-refractivity contribution in [1.82, 2.24) is 0 Å². The van der Waals surface area contributed by atoms with Crippen LogP contribution in [0.5, 0.6) is 5.75 Å². The molecule has 0 aliphatic rings. The van der Waals surface area contributed by atoms with Gasteiger partial charge in [0.05, 0.1) is 6.61 Å². The van der Waals surface area contributed by atoms with E-state index >= 15 is 0 Å². The molecule has 0 aliphatic carbocycles. The second-order valence-corrected chi connectivity index (χ2v) is 4.22. The van der Waals surface area contributed by atoms with Crippen molar-refractivity contribution in [3.05, 3.63) is 30.3 Å². The lowest BCUT2D eigenvalue weighted by Crippen LogP contribution is -2.27. The molecule has 0 aliphatic heterocycles. The van der Waals surface area contributed by atoms with E-state index in [1.165, 1.54) is 0 Å². The molecule has 0 bridgehead atoms. The van der Waals surface area contributed by atoms with E-state index in [9.17, 15) is 4.79 Å². The number of esters is 1. The Morgan fingerprint density at radius 3 is 2.47 bits per heavy atom. The molecular formula is C14H20O3. The monoisotopic (exact) mass is 236 g/mol. The van der Waals surface area contributed by atoms with E-state index < -0.39 is 6.10 Å².